The zero-order chi connectivity index (χ0) is 13.9. The van der Waals surface area contributed by atoms with E-state index in [4.69, 9.17) is 4.98 Å². The monoisotopic (exact) mass is 268 g/mol. The zero-order valence-corrected chi connectivity index (χ0v) is 12.0. The fourth-order valence-electron chi connectivity index (χ4n) is 2.70. The van der Waals surface area contributed by atoms with Gasteiger partial charge in [0.1, 0.15) is 11.6 Å². The van der Waals surface area contributed by atoms with E-state index in [1.165, 1.54) is 12.8 Å². The van der Waals surface area contributed by atoms with Crippen LogP contribution in [0.4, 0.5) is 11.6 Å². The van der Waals surface area contributed by atoms with E-state index in [2.05, 4.69) is 22.1 Å². The summed E-state index contributed by atoms with van der Waals surface area (Å²) in [5.74, 6) is 2.67. The van der Waals surface area contributed by atoms with Crippen LogP contribution in [0.3, 0.4) is 0 Å². The molecule has 0 radical (unpaired) electrons. The lowest BCUT2D eigenvalue weighted by Crippen LogP contribution is -2.27. The first kappa shape index (κ1) is 12.9. The normalized spacial score (nSPS) is 18.3. The van der Waals surface area contributed by atoms with Gasteiger partial charge >= 0.3 is 0 Å². The summed E-state index contributed by atoms with van der Waals surface area (Å²) in [5.41, 5.74) is 1.05. The second-order valence-corrected chi connectivity index (χ2v) is 5.24. The van der Waals surface area contributed by atoms with Gasteiger partial charge in [0.2, 0.25) is 0 Å². The van der Waals surface area contributed by atoms with Crippen molar-refractivity contribution in [2.45, 2.75) is 25.8 Å². The minimum absolute atomic E-state index is 0.554. The highest BCUT2D eigenvalue weighted by molar-refractivity contribution is 5.62. The quantitative estimate of drug-likeness (QED) is 0.928. The fourth-order valence-corrected chi connectivity index (χ4v) is 2.70. The number of hydrogen-bond donors (Lipinski definition) is 1. The highest BCUT2D eigenvalue weighted by Crippen LogP contribution is 2.27. The average molecular weight is 268 g/mol. The van der Waals surface area contributed by atoms with Gasteiger partial charge in [0, 0.05) is 31.3 Å². The lowest BCUT2D eigenvalue weighted by atomic mass is 10.2. The van der Waals surface area contributed by atoms with Gasteiger partial charge < -0.3 is 10.2 Å². The van der Waals surface area contributed by atoms with Crippen molar-refractivity contribution in [3.63, 3.8) is 0 Å². The first-order valence-electron chi connectivity index (χ1n) is 7.17. The molecule has 4 heteroatoms. The van der Waals surface area contributed by atoms with Crippen LogP contribution in [-0.2, 0) is 0 Å². The van der Waals surface area contributed by atoms with Gasteiger partial charge in [0.15, 0.2) is 5.82 Å². The molecule has 2 heterocycles. The maximum atomic E-state index is 4.76. The maximum absolute atomic E-state index is 4.76. The van der Waals surface area contributed by atoms with Crippen LogP contribution in [0.5, 0.6) is 0 Å². The minimum atomic E-state index is 0.554. The van der Waals surface area contributed by atoms with Crippen LogP contribution < -0.4 is 10.2 Å². The smallest absolute Gasteiger partial charge is 0.163 e. The molecule has 1 aromatic heterocycles. The van der Waals surface area contributed by atoms with Gasteiger partial charge in [-0.15, -0.1) is 0 Å². The molecule has 1 unspecified atom stereocenters. The second kappa shape index (κ2) is 5.49. The average Bonchev–Trinajstić information content (AvgIpc) is 2.94. The van der Waals surface area contributed by atoms with Crippen LogP contribution in [0.15, 0.2) is 36.4 Å². The molecule has 0 spiro atoms. The van der Waals surface area contributed by atoms with Gasteiger partial charge in [-0.1, -0.05) is 30.3 Å². The minimum Gasteiger partial charge on any atom is -0.373 e. The summed E-state index contributed by atoms with van der Waals surface area (Å²) >= 11 is 0. The summed E-state index contributed by atoms with van der Waals surface area (Å²) in [6.45, 7) is 3.34. The Balaban J connectivity index is 2.03. The van der Waals surface area contributed by atoms with E-state index in [-0.39, 0.29) is 0 Å². The summed E-state index contributed by atoms with van der Waals surface area (Å²) in [5, 5.41) is 3.14. The number of rotatable bonds is 3. The summed E-state index contributed by atoms with van der Waals surface area (Å²) in [4.78, 5) is 11.7. The molecular formula is C16H20N4. The van der Waals surface area contributed by atoms with Crippen molar-refractivity contribution >= 4 is 11.6 Å². The van der Waals surface area contributed by atoms with Gasteiger partial charge in [0.05, 0.1) is 0 Å². The molecule has 0 amide bonds. The number of nitrogens with zero attached hydrogens (tertiary/aromatic N) is 3. The Morgan fingerprint density at radius 2 is 2.00 bits per heavy atom. The van der Waals surface area contributed by atoms with Crippen LogP contribution in [0.2, 0.25) is 0 Å². The molecule has 0 aliphatic carbocycles. The van der Waals surface area contributed by atoms with E-state index in [0.29, 0.717) is 6.04 Å². The Bertz CT molecular complexity index is 582. The highest BCUT2D eigenvalue weighted by Gasteiger charge is 2.22. The summed E-state index contributed by atoms with van der Waals surface area (Å²) < 4.78 is 0. The number of hydrogen-bond acceptors (Lipinski definition) is 4. The Hall–Kier alpha value is -2.10. The van der Waals surface area contributed by atoms with E-state index in [1.54, 1.807) is 0 Å². The van der Waals surface area contributed by atoms with Gasteiger partial charge in [-0.25, -0.2) is 9.97 Å². The molecule has 0 saturated carbocycles. The van der Waals surface area contributed by atoms with Gasteiger partial charge in [-0.2, -0.15) is 0 Å². The van der Waals surface area contributed by atoms with Crippen molar-refractivity contribution in [1.82, 2.24) is 9.97 Å². The third-order valence-corrected chi connectivity index (χ3v) is 3.85. The lowest BCUT2D eigenvalue weighted by Gasteiger charge is -2.23. The predicted octanol–water partition coefficient (Wildman–Crippen LogP) is 3.17. The van der Waals surface area contributed by atoms with Crippen molar-refractivity contribution in [1.29, 1.82) is 0 Å². The van der Waals surface area contributed by atoms with Crippen molar-refractivity contribution in [2.75, 3.05) is 23.8 Å². The number of aromatic nitrogens is 2. The molecule has 1 aliphatic rings. The largest absolute Gasteiger partial charge is 0.373 e. The Morgan fingerprint density at radius 1 is 1.20 bits per heavy atom. The molecule has 1 atom stereocenters. The lowest BCUT2D eigenvalue weighted by molar-refractivity contribution is 0.726. The molecule has 1 aliphatic heterocycles. The van der Waals surface area contributed by atoms with E-state index in [1.807, 2.05) is 43.4 Å². The second-order valence-electron chi connectivity index (χ2n) is 5.24. The third-order valence-electron chi connectivity index (χ3n) is 3.85. The first-order chi connectivity index (χ1) is 9.78. The maximum Gasteiger partial charge on any atom is 0.163 e. The predicted molar refractivity (Wildman–Crippen MR) is 83.1 cm³/mol. The molecule has 104 valence electrons. The molecule has 2 aromatic rings. The molecule has 0 bridgehead atoms. The summed E-state index contributed by atoms with van der Waals surface area (Å²) in [7, 11) is 1.90. The van der Waals surface area contributed by atoms with Crippen LogP contribution in [-0.4, -0.2) is 29.6 Å². The Kier molecular flexibility index (Phi) is 3.54. The number of anilines is 2. The van der Waals surface area contributed by atoms with Crippen molar-refractivity contribution in [3.05, 3.63) is 36.4 Å². The topological polar surface area (TPSA) is 41.0 Å². The third kappa shape index (κ3) is 2.46. The van der Waals surface area contributed by atoms with E-state index in [9.17, 15) is 0 Å². The number of nitrogens with one attached hydrogen (secondary N) is 1. The molecule has 4 nitrogen and oxygen atoms in total. The molecule has 1 aromatic carbocycles. The van der Waals surface area contributed by atoms with Crippen LogP contribution >= 0.6 is 0 Å². The van der Waals surface area contributed by atoms with E-state index >= 15 is 0 Å². The molecule has 1 fully saturated rings. The standard InChI is InChI=1S/C16H20N4/c1-12-7-6-10-20(12)15-11-14(17-2)18-16(19-15)13-8-4-3-5-9-13/h3-5,8-9,11-12H,6-7,10H2,1-2H3,(H,17,18,19). The molecular weight excluding hydrogens is 248 g/mol. The van der Waals surface area contributed by atoms with E-state index < -0.39 is 0 Å². The molecule has 20 heavy (non-hydrogen) atoms. The van der Waals surface area contributed by atoms with Crippen molar-refractivity contribution in [3.8, 4) is 11.4 Å². The van der Waals surface area contributed by atoms with Gasteiger partial charge in [-0.3, -0.25) is 0 Å². The van der Waals surface area contributed by atoms with Crippen LogP contribution in [0, 0.1) is 0 Å². The summed E-state index contributed by atoms with van der Waals surface area (Å²) in [6.07, 6.45) is 2.47. The van der Waals surface area contributed by atoms with Gasteiger partial charge in [-0.05, 0) is 19.8 Å². The van der Waals surface area contributed by atoms with Crippen LogP contribution in [0.1, 0.15) is 19.8 Å². The molecule has 3 rings (SSSR count). The first-order valence-corrected chi connectivity index (χ1v) is 7.17. The molecule has 1 saturated heterocycles. The number of benzene rings is 1. The fraction of sp³-hybridized carbons (Fsp3) is 0.375. The van der Waals surface area contributed by atoms with Crippen molar-refractivity contribution < 1.29 is 0 Å². The van der Waals surface area contributed by atoms with Gasteiger partial charge in [0.25, 0.3) is 0 Å². The Morgan fingerprint density at radius 3 is 2.65 bits per heavy atom. The Labute approximate surface area is 119 Å². The van der Waals surface area contributed by atoms with Crippen LogP contribution in [0.25, 0.3) is 11.4 Å². The zero-order valence-electron chi connectivity index (χ0n) is 12.0. The molecule has 1 N–H and O–H groups in total. The summed E-state index contributed by atoms with van der Waals surface area (Å²) in [6, 6.07) is 12.7. The highest BCUT2D eigenvalue weighted by atomic mass is 15.2. The van der Waals surface area contributed by atoms with Crippen molar-refractivity contribution in [2.24, 2.45) is 0 Å². The van der Waals surface area contributed by atoms with E-state index in [0.717, 1.165) is 29.6 Å². The SMILES string of the molecule is CNc1cc(N2CCCC2C)nc(-c2ccccc2)n1.